The molecule has 1 aliphatic rings. The van der Waals surface area contributed by atoms with Crippen molar-refractivity contribution in [2.24, 2.45) is 11.7 Å². The predicted molar refractivity (Wildman–Crippen MR) is 109 cm³/mol. The van der Waals surface area contributed by atoms with E-state index in [1.165, 1.54) is 0 Å². The smallest absolute Gasteiger partial charge is 0.223 e. The van der Waals surface area contributed by atoms with Gasteiger partial charge in [-0.3, -0.25) is 4.79 Å². The van der Waals surface area contributed by atoms with Gasteiger partial charge in [-0.25, -0.2) is 0 Å². The monoisotopic (exact) mass is 390 g/mol. The third-order valence-electron chi connectivity index (χ3n) is 4.98. The highest BCUT2D eigenvalue weighted by Gasteiger charge is 2.30. The van der Waals surface area contributed by atoms with Crippen molar-refractivity contribution in [1.82, 2.24) is 5.32 Å². The van der Waals surface area contributed by atoms with Crippen LogP contribution in [0.2, 0.25) is 0 Å². The first-order valence-electron chi connectivity index (χ1n) is 8.94. The van der Waals surface area contributed by atoms with E-state index in [1.807, 2.05) is 48.5 Å². The molecule has 0 radical (unpaired) electrons. The Morgan fingerprint density at radius 3 is 2.04 bits per heavy atom. The fourth-order valence-electron chi connectivity index (χ4n) is 3.52. The van der Waals surface area contributed by atoms with E-state index >= 15 is 0 Å². The number of carbonyl (C=O) groups is 1. The van der Waals surface area contributed by atoms with E-state index in [4.69, 9.17) is 15.2 Å². The summed E-state index contributed by atoms with van der Waals surface area (Å²) in [6.45, 7) is 0. The maximum Gasteiger partial charge on any atom is 0.223 e. The lowest BCUT2D eigenvalue weighted by atomic mass is 9.96. The Bertz CT molecular complexity index is 721. The van der Waals surface area contributed by atoms with Crippen molar-refractivity contribution in [3.8, 4) is 11.5 Å². The van der Waals surface area contributed by atoms with Gasteiger partial charge < -0.3 is 20.5 Å². The molecule has 0 bridgehead atoms. The average Bonchev–Trinajstić information content (AvgIpc) is 3.12. The second-order valence-electron chi connectivity index (χ2n) is 6.76. The maximum absolute atomic E-state index is 12.8. The van der Waals surface area contributed by atoms with Crippen LogP contribution in [0, 0.1) is 5.92 Å². The van der Waals surface area contributed by atoms with Gasteiger partial charge in [-0.05, 0) is 54.7 Å². The number of carbonyl (C=O) groups excluding carboxylic acids is 1. The van der Waals surface area contributed by atoms with E-state index in [-0.39, 0.29) is 36.3 Å². The zero-order chi connectivity index (χ0) is 18.5. The Kier molecular flexibility index (Phi) is 7.51. The molecule has 0 heterocycles. The van der Waals surface area contributed by atoms with Crippen LogP contribution in [0.4, 0.5) is 0 Å². The number of amides is 1. The topological polar surface area (TPSA) is 73.6 Å². The summed E-state index contributed by atoms with van der Waals surface area (Å²) in [4.78, 5) is 12.8. The van der Waals surface area contributed by atoms with Crippen molar-refractivity contribution in [1.29, 1.82) is 0 Å². The zero-order valence-electron chi connectivity index (χ0n) is 15.7. The Hall–Kier alpha value is -2.24. The van der Waals surface area contributed by atoms with Crippen molar-refractivity contribution in [3.63, 3.8) is 0 Å². The van der Waals surface area contributed by atoms with Gasteiger partial charge in [0.15, 0.2) is 0 Å². The van der Waals surface area contributed by atoms with E-state index < -0.39 is 0 Å². The summed E-state index contributed by atoms with van der Waals surface area (Å²) < 4.78 is 10.7. The van der Waals surface area contributed by atoms with E-state index in [9.17, 15) is 4.79 Å². The van der Waals surface area contributed by atoms with Crippen LogP contribution in [0.25, 0.3) is 0 Å². The third-order valence-corrected chi connectivity index (χ3v) is 4.98. The standard InChI is InChI=1S/C21H26N2O3.ClH/c1-25-18-7-3-5-14(12-18)20(15-6-4-8-19(13-15)26-2)23-21(24)16-9-10-17(22)11-16;/h3-8,12-13,16-17,20H,9-11,22H2,1-2H3,(H,23,24);1H. The Labute approximate surface area is 166 Å². The number of ether oxygens (including phenoxy) is 2. The molecule has 1 amide bonds. The number of halogens is 1. The number of methoxy groups -OCH3 is 2. The predicted octanol–water partition coefficient (Wildman–Crippen LogP) is 3.46. The van der Waals surface area contributed by atoms with E-state index in [0.29, 0.717) is 0 Å². The van der Waals surface area contributed by atoms with Crippen LogP contribution in [-0.4, -0.2) is 26.2 Å². The molecular weight excluding hydrogens is 364 g/mol. The van der Waals surface area contributed by atoms with Crippen molar-refractivity contribution >= 4 is 18.3 Å². The van der Waals surface area contributed by atoms with Crippen LogP contribution in [0.3, 0.4) is 0 Å². The van der Waals surface area contributed by atoms with Gasteiger partial charge in [0, 0.05) is 12.0 Å². The number of hydrogen-bond donors (Lipinski definition) is 2. The van der Waals surface area contributed by atoms with Crippen LogP contribution in [0.5, 0.6) is 11.5 Å². The van der Waals surface area contributed by atoms with Crippen LogP contribution < -0.4 is 20.5 Å². The minimum absolute atomic E-state index is 0. The van der Waals surface area contributed by atoms with Crippen molar-refractivity contribution in [2.45, 2.75) is 31.3 Å². The molecule has 6 heteroatoms. The maximum atomic E-state index is 12.8. The lowest BCUT2D eigenvalue weighted by molar-refractivity contribution is -0.125. The first-order chi connectivity index (χ1) is 12.6. The molecule has 3 rings (SSSR count). The second-order valence-corrected chi connectivity index (χ2v) is 6.76. The molecule has 0 saturated heterocycles. The van der Waals surface area contributed by atoms with Crippen LogP contribution >= 0.6 is 12.4 Å². The summed E-state index contributed by atoms with van der Waals surface area (Å²) in [6.07, 6.45) is 2.49. The minimum Gasteiger partial charge on any atom is -0.497 e. The molecule has 27 heavy (non-hydrogen) atoms. The Balaban J connectivity index is 0.00000261. The number of nitrogens with two attached hydrogens (primary N) is 1. The molecule has 0 aliphatic heterocycles. The van der Waals surface area contributed by atoms with Gasteiger partial charge in [0.2, 0.25) is 5.91 Å². The van der Waals surface area contributed by atoms with Crippen LogP contribution in [0.1, 0.15) is 36.4 Å². The highest BCUT2D eigenvalue weighted by molar-refractivity contribution is 5.85. The van der Waals surface area contributed by atoms with Gasteiger partial charge in [0.25, 0.3) is 0 Å². The molecule has 1 saturated carbocycles. The SMILES string of the molecule is COc1cccc(C(NC(=O)C2CCC(N)C2)c2cccc(OC)c2)c1.Cl. The number of rotatable bonds is 6. The van der Waals surface area contributed by atoms with Gasteiger partial charge in [0.1, 0.15) is 11.5 Å². The molecule has 146 valence electrons. The van der Waals surface area contributed by atoms with E-state index in [2.05, 4.69) is 5.32 Å². The number of benzene rings is 2. The Morgan fingerprint density at radius 1 is 1.04 bits per heavy atom. The molecule has 3 N–H and O–H groups in total. The zero-order valence-corrected chi connectivity index (χ0v) is 16.5. The van der Waals surface area contributed by atoms with Crippen LogP contribution in [0.15, 0.2) is 48.5 Å². The highest BCUT2D eigenvalue weighted by Crippen LogP contribution is 2.30. The second kappa shape index (κ2) is 9.62. The summed E-state index contributed by atoms with van der Waals surface area (Å²) in [6, 6.07) is 15.4. The van der Waals surface area contributed by atoms with Crippen LogP contribution in [-0.2, 0) is 4.79 Å². The largest absolute Gasteiger partial charge is 0.497 e. The quantitative estimate of drug-likeness (QED) is 0.792. The fourth-order valence-corrected chi connectivity index (χ4v) is 3.52. The van der Waals surface area contributed by atoms with Gasteiger partial charge in [-0.1, -0.05) is 24.3 Å². The normalized spacial score (nSPS) is 18.7. The first-order valence-corrected chi connectivity index (χ1v) is 8.94. The third kappa shape index (κ3) is 5.15. The first kappa shape index (κ1) is 21.1. The molecule has 1 aliphatic carbocycles. The summed E-state index contributed by atoms with van der Waals surface area (Å²) in [5.41, 5.74) is 7.91. The highest BCUT2D eigenvalue weighted by atomic mass is 35.5. The molecule has 2 aromatic carbocycles. The number of hydrogen-bond acceptors (Lipinski definition) is 4. The molecule has 5 nitrogen and oxygen atoms in total. The fraction of sp³-hybridized carbons (Fsp3) is 0.381. The molecule has 1 fully saturated rings. The van der Waals surface area contributed by atoms with Crippen molar-refractivity contribution in [3.05, 3.63) is 59.7 Å². The molecule has 0 aromatic heterocycles. The van der Waals surface area contributed by atoms with E-state index in [0.717, 1.165) is 41.9 Å². The van der Waals surface area contributed by atoms with Gasteiger partial charge in [0.05, 0.1) is 20.3 Å². The average molecular weight is 391 g/mol. The van der Waals surface area contributed by atoms with Crippen molar-refractivity contribution < 1.29 is 14.3 Å². The van der Waals surface area contributed by atoms with Gasteiger partial charge in [-0.2, -0.15) is 0 Å². The summed E-state index contributed by atoms with van der Waals surface area (Å²) in [5.74, 6) is 1.54. The lowest BCUT2D eigenvalue weighted by Crippen LogP contribution is -2.34. The molecule has 0 spiro atoms. The molecule has 2 atom stereocenters. The summed E-state index contributed by atoms with van der Waals surface area (Å²) in [7, 11) is 3.27. The summed E-state index contributed by atoms with van der Waals surface area (Å²) >= 11 is 0. The Morgan fingerprint density at radius 2 is 1.59 bits per heavy atom. The molecule has 2 aromatic rings. The minimum atomic E-state index is -0.274. The van der Waals surface area contributed by atoms with Gasteiger partial charge >= 0.3 is 0 Å². The molecule has 2 unspecified atom stereocenters. The lowest BCUT2D eigenvalue weighted by Gasteiger charge is -2.23. The molecular formula is C21H27ClN2O3. The van der Waals surface area contributed by atoms with E-state index in [1.54, 1.807) is 14.2 Å². The van der Waals surface area contributed by atoms with Crippen molar-refractivity contribution in [2.75, 3.05) is 14.2 Å². The van der Waals surface area contributed by atoms with Gasteiger partial charge in [-0.15, -0.1) is 12.4 Å². The number of nitrogens with one attached hydrogen (secondary N) is 1. The summed E-state index contributed by atoms with van der Waals surface area (Å²) in [5, 5.41) is 3.21.